The lowest BCUT2D eigenvalue weighted by molar-refractivity contribution is 0.0697. The summed E-state index contributed by atoms with van der Waals surface area (Å²) in [5.41, 5.74) is 2.16. The number of carboxylic acid groups (broad SMARTS) is 1. The highest BCUT2D eigenvalue weighted by atomic mass is 79.9. The molecule has 0 unspecified atom stereocenters. The minimum Gasteiger partial charge on any atom is -0.478 e. The van der Waals surface area contributed by atoms with Crippen molar-refractivity contribution in [2.24, 2.45) is 5.10 Å². The van der Waals surface area contributed by atoms with Gasteiger partial charge in [0.05, 0.1) is 28.4 Å². The van der Waals surface area contributed by atoms with Crippen LogP contribution in [0, 0.1) is 0 Å². The van der Waals surface area contributed by atoms with Crippen LogP contribution in [0.1, 0.15) is 48.1 Å². The monoisotopic (exact) mass is 492 g/mol. The maximum Gasteiger partial charge on any atom is 0.335 e. The number of carboxylic acids is 1. The summed E-state index contributed by atoms with van der Waals surface area (Å²) in [6, 6.07) is 15.7. The van der Waals surface area contributed by atoms with E-state index in [4.69, 9.17) is 10.1 Å². The summed E-state index contributed by atoms with van der Waals surface area (Å²) in [6.45, 7) is 4.06. The van der Waals surface area contributed by atoms with Gasteiger partial charge in [-0.05, 0) is 61.0 Å². The molecule has 2 heterocycles. The summed E-state index contributed by atoms with van der Waals surface area (Å²) in [7, 11) is 0. The van der Waals surface area contributed by atoms with Gasteiger partial charge in [-0.15, -0.1) is 0 Å². The van der Waals surface area contributed by atoms with Crippen LogP contribution in [0.2, 0.25) is 0 Å². The van der Waals surface area contributed by atoms with Gasteiger partial charge in [-0.2, -0.15) is 9.78 Å². The Hall–Kier alpha value is -3.52. The highest BCUT2D eigenvalue weighted by molar-refractivity contribution is 9.10. The van der Waals surface area contributed by atoms with Gasteiger partial charge >= 0.3 is 5.97 Å². The van der Waals surface area contributed by atoms with Crippen molar-refractivity contribution in [1.29, 1.82) is 0 Å². The van der Waals surface area contributed by atoms with E-state index in [1.807, 2.05) is 48.9 Å². The number of hydrogen-bond acceptors (Lipinski definition) is 4. The van der Waals surface area contributed by atoms with E-state index in [0.29, 0.717) is 16.7 Å². The van der Waals surface area contributed by atoms with Gasteiger partial charge in [-0.25, -0.2) is 9.78 Å². The molecular weight excluding hydrogens is 472 g/mol. The summed E-state index contributed by atoms with van der Waals surface area (Å²) in [6.07, 6.45) is 4.28. The molecule has 0 bridgehead atoms. The van der Waals surface area contributed by atoms with Crippen LogP contribution in [-0.2, 0) is 0 Å². The van der Waals surface area contributed by atoms with E-state index in [9.17, 15) is 9.59 Å². The molecule has 0 saturated carbocycles. The van der Waals surface area contributed by atoms with E-state index < -0.39 is 5.97 Å². The van der Waals surface area contributed by atoms with Crippen LogP contribution < -0.4 is 5.56 Å². The van der Waals surface area contributed by atoms with Gasteiger partial charge in [0.25, 0.3) is 5.56 Å². The van der Waals surface area contributed by atoms with Crippen molar-refractivity contribution in [2.45, 2.75) is 26.2 Å². The summed E-state index contributed by atoms with van der Waals surface area (Å²) in [5, 5.41) is 14.1. The Morgan fingerprint density at radius 2 is 1.97 bits per heavy atom. The number of benzene rings is 2. The Morgan fingerprint density at radius 1 is 1.22 bits per heavy atom. The molecule has 1 atom stereocenters. The Balaban J connectivity index is 1.80. The topological polar surface area (TPSA) is 89.5 Å². The third kappa shape index (κ3) is 4.13. The normalized spacial score (nSPS) is 12.5. The van der Waals surface area contributed by atoms with Gasteiger partial charge in [0, 0.05) is 22.3 Å². The highest BCUT2D eigenvalue weighted by Crippen LogP contribution is 2.21. The second kappa shape index (κ2) is 8.92. The molecule has 0 fully saturated rings. The number of carbonyl (C=O) groups is 1. The molecule has 8 heteroatoms. The Labute approximate surface area is 192 Å². The number of hydrogen-bond donors (Lipinski definition) is 1. The summed E-state index contributed by atoms with van der Waals surface area (Å²) in [4.78, 5) is 29.1. The van der Waals surface area contributed by atoms with Crippen LogP contribution in [0.4, 0.5) is 0 Å². The zero-order valence-corrected chi connectivity index (χ0v) is 19.2. The van der Waals surface area contributed by atoms with Gasteiger partial charge in [0.1, 0.15) is 5.82 Å². The van der Waals surface area contributed by atoms with Crippen molar-refractivity contribution in [3.8, 4) is 5.69 Å². The molecule has 2 aromatic heterocycles. The second-order valence-corrected chi connectivity index (χ2v) is 8.37. The Morgan fingerprint density at radius 3 is 2.66 bits per heavy atom. The second-order valence-electron chi connectivity index (χ2n) is 7.46. The molecule has 0 aliphatic rings. The number of rotatable bonds is 6. The van der Waals surface area contributed by atoms with Gasteiger partial charge in [-0.1, -0.05) is 29.8 Å². The summed E-state index contributed by atoms with van der Waals surface area (Å²) in [5.74, 6) is -0.325. The van der Waals surface area contributed by atoms with Crippen LogP contribution in [0.25, 0.3) is 16.6 Å². The lowest BCUT2D eigenvalue weighted by Crippen LogP contribution is -2.24. The van der Waals surface area contributed by atoms with Crippen molar-refractivity contribution in [3.63, 3.8) is 0 Å². The van der Waals surface area contributed by atoms with Crippen molar-refractivity contribution in [3.05, 3.63) is 92.7 Å². The SMILES string of the molecule is CC[C@H](C)c1nc2ccc(Br)cc2c(=O)n1N=Cc1cccn1-c1ccc(C(=O)O)cc1. The zero-order valence-electron chi connectivity index (χ0n) is 17.6. The number of fused-ring (bicyclic) bond motifs is 1. The fourth-order valence-electron chi connectivity index (χ4n) is 3.39. The van der Waals surface area contributed by atoms with E-state index in [0.717, 1.165) is 22.3 Å². The quantitative estimate of drug-likeness (QED) is 0.381. The van der Waals surface area contributed by atoms with Crippen LogP contribution in [0.5, 0.6) is 0 Å². The lowest BCUT2D eigenvalue weighted by atomic mass is 10.1. The van der Waals surface area contributed by atoms with Crippen molar-refractivity contribution < 1.29 is 9.90 Å². The molecular formula is C24H21BrN4O3. The van der Waals surface area contributed by atoms with Gasteiger partial charge < -0.3 is 9.67 Å². The van der Waals surface area contributed by atoms with Gasteiger partial charge in [0.15, 0.2) is 0 Å². The molecule has 0 spiro atoms. The van der Waals surface area contributed by atoms with Crippen LogP contribution in [0.15, 0.2) is 75.2 Å². The number of aromatic nitrogens is 3. The minimum absolute atomic E-state index is 0.0447. The first-order valence-corrected chi connectivity index (χ1v) is 11.0. The van der Waals surface area contributed by atoms with E-state index in [2.05, 4.69) is 21.0 Å². The summed E-state index contributed by atoms with van der Waals surface area (Å²) >= 11 is 3.42. The molecule has 0 amide bonds. The fraction of sp³-hybridized carbons (Fsp3) is 0.167. The summed E-state index contributed by atoms with van der Waals surface area (Å²) < 4.78 is 4.04. The first kappa shape index (κ1) is 21.7. The standard InChI is InChI=1S/C24H21BrN4O3/c1-3-15(2)22-27-21-11-8-17(25)13-20(21)23(30)29(22)26-14-19-5-4-12-28(19)18-9-6-16(7-10-18)24(31)32/h4-15H,3H2,1-2H3,(H,31,32)/t15-/m0/s1. The van der Waals surface area contributed by atoms with Crippen LogP contribution >= 0.6 is 15.9 Å². The highest BCUT2D eigenvalue weighted by Gasteiger charge is 2.16. The molecule has 4 aromatic rings. The van der Waals surface area contributed by atoms with E-state index in [1.165, 1.54) is 4.68 Å². The smallest absolute Gasteiger partial charge is 0.335 e. The van der Waals surface area contributed by atoms with E-state index >= 15 is 0 Å². The maximum absolute atomic E-state index is 13.3. The number of nitrogens with zero attached hydrogens (tertiary/aromatic N) is 4. The third-order valence-corrected chi connectivity index (χ3v) is 5.86. The van der Waals surface area contributed by atoms with Crippen LogP contribution in [-0.4, -0.2) is 31.5 Å². The first-order chi connectivity index (χ1) is 15.4. The molecule has 0 aliphatic heterocycles. The average Bonchev–Trinajstić information content (AvgIpc) is 3.26. The number of aromatic carboxylic acids is 1. The molecule has 32 heavy (non-hydrogen) atoms. The molecule has 7 nitrogen and oxygen atoms in total. The van der Waals surface area contributed by atoms with E-state index in [-0.39, 0.29) is 17.0 Å². The Kier molecular flexibility index (Phi) is 6.05. The van der Waals surface area contributed by atoms with E-state index in [1.54, 1.807) is 36.5 Å². The predicted molar refractivity (Wildman–Crippen MR) is 128 cm³/mol. The van der Waals surface area contributed by atoms with Crippen LogP contribution in [0.3, 0.4) is 0 Å². The largest absolute Gasteiger partial charge is 0.478 e. The molecule has 0 radical (unpaired) electrons. The van der Waals surface area contributed by atoms with Gasteiger partial charge in [0.2, 0.25) is 0 Å². The lowest BCUT2D eigenvalue weighted by Gasteiger charge is -2.14. The van der Waals surface area contributed by atoms with Crippen molar-refractivity contribution >= 4 is 39.0 Å². The zero-order chi connectivity index (χ0) is 22.8. The molecule has 0 saturated heterocycles. The minimum atomic E-state index is -0.974. The number of halogens is 1. The fourth-order valence-corrected chi connectivity index (χ4v) is 3.76. The van der Waals surface area contributed by atoms with Crippen molar-refractivity contribution in [2.75, 3.05) is 0 Å². The maximum atomic E-state index is 13.3. The molecule has 0 aliphatic carbocycles. The average molecular weight is 493 g/mol. The Bertz CT molecular complexity index is 1390. The molecule has 1 N–H and O–H groups in total. The predicted octanol–water partition coefficient (Wildman–Crippen LogP) is 5.04. The third-order valence-electron chi connectivity index (χ3n) is 5.36. The van der Waals surface area contributed by atoms with Gasteiger partial charge in [-0.3, -0.25) is 4.79 Å². The molecule has 2 aromatic carbocycles. The van der Waals surface area contributed by atoms with Crippen molar-refractivity contribution in [1.82, 2.24) is 14.2 Å². The first-order valence-electron chi connectivity index (χ1n) is 10.2. The molecule has 162 valence electrons. The molecule has 4 rings (SSSR count).